The third-order valence-corrected chi connectivity index (χ3v) is 8.86. The van der Waals surface area contributed by atoms with Gasteiger partial charge in [-0.3, -0.25) is 13.9 Å². The van der Waals surface area contributed by atoms with E-state index in [0.29, 0.717) is 44.9 Å². The zero-order chi connectivity index (χ0) is 32.9. The number of hydrogen-bond donors (Lipinski definition) is 5. The Morgan fingerprint density at radius 3 is 2.00 bits per heavy atom. The predicted octanol–water partition coefficient (Wildman–Crippen LogP) is 3.21. The average Bonchev–Trinajstić information content (AvgIpc) is 3.05. The second-order valence-electron chi connectivity index (χ2n) is 12.6. The van der Waals surface area contributed by atoms with E-state index < -0.39 is 33.9 Å². The van der Waals surface area contributed by atoms with Crippen LogP contribution < -0.4 is 11.1 Å². The first-order valence-electron chi connectivity index (χ1n) is 14.5. The van der Waals surface area contributed by atoms with E-state index >= 15 is 0 Å². The van der Waals surface area contributed by atoms with Crippen LogP contribution in [-0.4, -0.2) is 122 Å². The SMILES string of the molecule is CC(C)(C)N1C(=O)C(NCCOC2CN(C(=O)O)C2)=C(c2ccccc2)S1(O)O.CC(C)(C)OC(=O)N1CC(OCCN)C1. The Bertz CT molecular complexity index is 1190. The van der Waals surface area contributed by atoms with E-state index in [1.807, 2.05) is 26.8 Å². The largest absolute Gasteiger partial charge is 0.465 e. The molecule has 2 saturated heterocycles. The van der Waals surface area contributed by atoms with Crippen molar-refractivity contribution in [2.75, 3.05) is 52.5 Å². The van der Waals surface area contributed by atoms with Crippen LogP contribution >= 0.6 is 10.8 Å². The molecule has 4 rings (SSSR count). The first-order valence-corrected chi connectivity index (χ1v) is 16.0. The molecule has 0 bridgehead atoms. The Balaban J connectivity index is 0.000000297. The molecule has 0 unspecified atom stereocenters. The molecule has 1 aromatic carbocycles. The van der Waals surface area contributed by atoms with Gasteiger partial charge in [0.25, 0.3) is 5.91 Å². The molecule has 2 fully saturated rings. The van der Waals surface area contributed by atoms with Crippen LogP contribution in [0.5, 0.6) is 0 Å². The van der Waals surface area contributed by atoms with Crippen molar-refractivity contribution in [1.82, 2.24) is 19.4 Å². The normalized spacial score (nSPS) is 19.6. The fraction of sp³-hybridized carbons (Fsp3) is 0.621. The molecule has 6 N–H and O–H groups in total. The molecule has 3 aliphatic rings. The maximum absolute atomic E-state index is 13.1. The van der Waals surface area contributed by atoms with E-state index in [9.17, 15) is 23.5 Å². The van der Waals surface area contributed by atoms with Crippen molar-refractivity contribution < 1.29 is 42.8 Å². The summed E-state index contributed by atoms with van der Waals surface area (Å²) in [5.74, 6) is -0.475. The number of amides is 3. The van der Waals surface area contributed by atoms with Crippen LogP contribution in [0, 0.1) is 0 Å². The highest BCUT2D eigenvalue weighted by Crippen LogP contribution is 2.63. The average molecular weight is 642 g/mol. The number of nitrogens with zero attached hydrogens (tertiary/aromatic N) is 3. The summed E-state index contributed by atoms with van der Waals surface area (Å²) >= 11 is 0. The number of hydrogen-bond acceptors (Lipinski definition) is 10. The monoisotopic (exact) mass is 641 g/mol. The second kappa shape index (κ2) is 14.3. The summed E-state index contributed by atoms with van der Waals surface area (Å²) in [5, 5.41) is 11.8. The summed E-state index contributed by atoms with van der Waals surface area (Å²) in [5.41, 5.74) is 4.79. The Morgan fingerprint density at radius 1 is 0.955 bits per heavy atom. The number of benzene rings is 1. The lowest BCUT2D eigenvalue weighted by atomic mass is 10.1. The Kier molecular flexibility index (Phi) is 11.5. The molecule has 15 heteroatoms. The van der Waals surface area contributed by atoms with Crippen LogP contribution in [0.2, 0.25) is 0 Å². The highest BCUT2D eigenvalue weighted by atomic mass is 32.3. The third kappa shape index (κ3) is 8.99. The lowest BCUT2D eigenvalue weighted by Crippen LogP contribution is -2.56. The zero-order valence-electron chi connectivity index (χ0n) is 26.3. The molecule has 0 atom stereocenters. The molecule has 3 heterocycles. The molecule has 1 aromatic rings. The Hall–Kier alpha value is -3.08. The fourth-order valence-corrected chi connectivity index (χ4v) is 6.79. The summed E-state index contributed by atoms with van der Waals surface area (Å²) < 4.78 is 39.2. The van der Waals surface area contributed by atoms with Gasteiger partial charge in [0, 0.05) is 18.7 Å². The molecule has 0 spiro atoms. The van der Waals surface area contributed by atoms with E-state index in [-0.39, 0.29) is 42.1 Å². The summed E-state index contributed by atoms with van der Waals surface area (Å²) in [6.07, 6.45) is -1.28. The molecule has 3 aliphatic heterocycles. The van der Waals surface area contributed by atoms with Crippen molar-refractivity contribution in [1.29, 1.82) is 0 Å². The molecule has 0 aliphatic carbocycles. The van der Waals surface area contributed by atoms with Crippen LogP contribution in [0.25, 0.3) is 4.91 Å². The van der Waals surface area contributed by atoms with Crippen LogP contribution in [0.15, 0.2) is 36.0 Å². The van der Waals surface area contributed by atoms with Gasteiger partial charge in [0.2, 0.25) is 0 Å². The molecule has 44 heavy (non-hydrogen) atoms. The maximum Gasteiger partial charge on any atom is 0.410 e. The fourth-order valence-electron chi connectivity index (χ4n) is 4.63. The van der Waals surface area contributed by atoms with E-state index in [0.717, 1.165) is 4.31 Å². The summed E-state index contributed by atoms with van der Waals surface area (Å²) in [6, 6.07) is 8.82. The van der Waals surface area contributed by atoms with Gasteiger partial charge in [0.05, 0.1) is 57.1 Å². The van der Waals surface area contributed by atoms with E-state index in [1.54, 1.807) is 49.9 Å². The third-order valence-electron chi connectivity index (χ3n) is 6.65. The van der Waals surface area contributed by atoms with E-state index in [4.69, 9.17) is 25.1 Å². The lowest BCUT2D eigenvalue weighted by molar-refractivity contribution is -0.125. The van der Waals surface area contributed by atoms with Crippen LogP contribution in [0.1, 0.15) is 47.1 Å². The topological polar surface area (TPSA) is 187 Å². The van der Waals surface area contributed by atoms with Gasteiger partial charge in [-0.25, -0.2) is 13.9 Å². The molecule has 3 amide bonds. The Morgan fingerprint density at radius 2 is 1.50 bits per heavy atom. The second-order valence-corrected chi connectivity index (χ2v) is 14.4. The minimum Gasteiger partial charge on any atom is -0.465 e. The molecular formula is C29H47N5O9S. The number of carbonyl (C=O) groups is 3. The lowest BCUT2D eigenvalue weighted by Gasteiger charge is -2.45. The Labute approximate surface area is 260 Å². The van der Waals surface area contributed by atoms with Crippen LogP contribution in [-0.2, 0) is 19.0 Å². The number of nitrogens with one attached hydrogen (secondary N) is 1. The molecule has 0 aromatic heterocycles. The number of carbonyl (C=O) groups excluding carboxylic acids is 2. The summed E-state index contributed by atoms with van der Waals surface area (Å²) in [7, 11) is -3.51. The highest BCUT2D eigenvalue weighted by molar-refractivity contribution is 8.31. The van der Waals surface area contributed by atoms with Crippen LogP contribution in [0.4, 0.5) is 9.59 Å². The quantitative estimate of drug-likeness (QED) is 0.249. The number of carboxylic acid groups (broad SMARTS) is 1. The number of rotatable bonds is 9. The van der Waals surface area contributed by atoms with Crippen molar-refractivity contribution >= 4 is 33.8 Å². The van der Waals surface area contributed by atoms with Crippen molar-refractivity contribution in [3.05, 3.63) is 41.6 Å². The molecule has 14 nitrogen and oxygen atoms in total. The highest BCUT2D eigenvalue weighted by Gasteiger charge is 2.49. The summed E-state index contributed by atoms with van der Waals surface area (Å²) in [4.78, 5) is 38.4. The maximum atomic E-state index is 13.1. The van der Waals surface area contributed by atoms with Crippen molar-refractivity contribution in [2.24, 2.45) is 5.73 Å². The first kappa shape index (κ1) is 35.4. The van der Waals surface area contributed by atoms with Crippen molar-refractivity contribution in [3.8, 4) is 0 Å². The van der Waals surface area contributed by atoms with Gasteiger partial charge in [0.1, 0.15) is 16.2 Å². The zero-order valence-corrected chi connectivity index (χ0v) is 27.1. The van der Waals surface area contributed by atoms with Crippen LogP contribution in [0.3, 0.4) is 0 Å². The van der Waals surface area contributed by atoms with Gasteiger partial charge in [0.15, 0.2) is 0 Å². The smallest absolute Gasteiger partial charge is 0.410 e. The number of nitrogens with two attached hydrogens (primary N) is 1. The molecule has 248 valence electrons. The van der Waals surface area contributed by atoms with Crippen molar-refractivity contribution in [2.45, 2.75) is 64.9 Å². The predicted molar refractivity (Wildman–Crippen MR) is 167 cm³/mol. The van der Waals surface area contributed by atoms with Gasteiger partial charge in [-0.15, -0.1) is 0 Å². The minimum atomic E-state index is -3.51. The summed E-state index contributed by atoms with van der Waals surface area (Å²) in [6.45, 7) is 14.3. The molecular weight excluding hydrogens is 594 g/mol. The number of ether oxygens (including phenoxy) is 3. The van der Waals surface area contributed by atoms with E-state index in [1.165, 1.54) is 4.90 Å². The van der Waals surface area contributed by atoms with Crippen molar-refractivity contribution in [3.63, 3.8) is 0 Å². The van der Waals surface area contributed by atoms with Gasteiger partial charge in [-0.05, 0) is 41.5 Å². The molecule has 0 radical (unpaired) electrons. The first-order chi connectivity index (χ1) is 20.5. The van der Waals surface area contributed by atoms with Gasteiger partial charge in [-0.2, -0.15) is 0 Å². The minimum absolute atomic E-state index is 0.126. The van der Waals surface area contributed by atoms with Gasteiger partial charge in [-0.1, -0.05) is 41.1 Å². The molecule has 0 saturated carbocycles. The van der Waals surface area contributed by atoms with Gasteiger partial charge >= 0.3 is 12.2 Å². The number of likely N-dealkylation sites (tertiary alicyclic amines) is 2. The standard InChI is InChI=1S/C19H27N3O6S.C10H20N2O3/c1-19(2,3)22-17(23)15(16(29(22,26)27)13-7-5-4-6-8-13)20-9-10-28-14-11-21(12-14)18(24)25;1-10(2,3)15-9(13)12-6-8(7-12)14-5-4-11/h4-8,14,20,26-27H,9-12H2,1-3H3,(H,24,25);8H,4-7,11H2,1-3H3. The van der Waals surface area contributed by atoms with E-state index in [2.05, 4.69) is 5.32 Å². The van der Waals surface area contributed by atoms with Gasteiger partial charge < -0.3 is 40.2 Å².